The average molecular weight is 444 g/mol. The number of hydrogen-bond donors (Lipinski definition) is 1. The minimum atomic E-state index is -0.142. The molecule has 168 valence electrons. The Morgan fingerprint density at radius 2 is 1.88 bits per heavy atom. The van der Waals surface area contributed by atoms with Gasteiger partial charge in [-0.3, -0.25) is 9.89 Å². The van der Waals surface area contributed by atoms with Gasteiger partial charge in [-0.15, -0.1) is 10.2 Å². The summed E-state index contributed by atoms with van der Waals surface area (Å²) < 4.78 is 11.9. The Balaban J connectivity index is 1.33. The summed E-state index contributed by atoms with van der Waals surface area (Å²) in [4.78, 5) is 15.4. The summed E-state index contributed by atoms with van der Waals surface area (Å²) in [7, 11) is 0. The number of aromatic amines is 1. The molecule has 8 heteroatoms. The van der Waals surface area contributed by atoms with Crippen molar-refractivity contribution < 1.29 is 13.9 Å². The predicted octanol–water partition coefficient (Wildman–Crippen LogP) is 3.96. The molecule has 2 aliphatic rings. The molecule has 2 aromatic heterocycles. The van der Waals surface area contributed by atoms with Crippen molar-refractivity contribution in [3.05, 3.63) is 65.7 Å². The molecule has 4 aromatic rings. The van der Waals surface area contributed by atoms with Crippen LogP contribution in [0.15, 0.2) is 52.9 Å². The Morgan fingerprint density at radius 3 is 2.70 bits per heavy atom. The highest BCUT2D eigenvalue weighted by molar-refractivity contribution is 6.04. The Bertz CT molecular complexity index is 1300. The normalized spacial score (nSPS) is 20.0. The molecule has 2 fully saturated rings. The van der Waals surface area contributed by atoms with Gasteiger partial charge in [-0.05, 0) is 38.0 Å². The summed E-state index contributed by atoms with van der Waals surface area (Å²) in [5, 5.41) is 16.9. The predicted molar refractivity (Wildman–Crippen MR) is 122 cm³/mol. The molecule has 2 saturated heterocycles. The van der Waals surface area contributed by atoms with Gasteiger partial charge < -0.3 is 14.1 Å². The first kappa shape index (κ1) is 20.1. The zero-order chi connectivity index (χ0) is 22.4. The fourth-order valence-electron chi connectivity index (χ4n) is 5.21. The number of H-pyrrole nitrogens is 1. The molecule has 2 aliphatic heterocycles. The molecule has 0 aliphatic carbocycles. The minimum absolute atomic E-state index is 0.0396. The summed E-state index contributed by atoms with van der Waals surface area (Å²) in [6, 6.07) is 15.7. The first-order chi connectivity index (χ1) is 16.1. The number of carbonyl (C=O) groups is 1. The first-order valence-electron chi connectivity index (χ1n) is 11.3. The standard InChI is InChI=1S/C25H25N5O3/c1-16-6-8-17(9-7-16)22-28-29-23(33-22)19-14-30(15-25(19)10-12-32-13-11-25)24(31)21-18-4-2-3-5-20(18)26-27-21/h2-9,19H,10-15H2,1H3,(H,26,27). The number of rotatable bonds is 3. The van der Waals surface area contributed by atoms with Gasteiger partial charge in [0.05, 0.1) is 11.4 Å². The van der Waals surface area contributed by atoms with Gasteiger partial charge in [0.1, 0.15) is 0 Å². The molecule has 33 heavy (non-hydrogen) atoms. The molecule has 1 unspecified atom stereocenters. The highest BCUT2D eigenvalue weighted by Crippen LogP contribution is 2.49. The Kier molecular flexibility index (Phi) is 4.76. The Labute approximate surface area is 190 Å². The lowest BCUT2D eigenvalue weighted by molar-refractivity contribution is 0.00906. The van der Waals surface area contributed by atoms with E-state index in [1.165, 1.54) is 5.56 Å². The fraction of sp³-hybridized carbons (Fsp3) is 0.360. The van der Waals surface area contributed by atoms with Crippen LogP contribution in [-0.4, -0.2) is 57.5 Å². The maximum atomic E-state index is 13.5. The maximum absolute atomic E-state index is 13.5. The van der Waals surface area contributed by atoms with Gasteiger partial charge in [-0.2, -0.15) is 5.10 Å². The number of amides is 1. The second kappa shape index (κ2) is 7.81. The van der Waals surface area contributed by atoms with Crippen LogP contribution in [0.5, 0.6) is 0 Å². The molecular weight excluding hydrogens is 418 g/mol. The zero-order valence-corrected chi connectivity index (χ0v) is 18.5. The number of nitrogens with one attached hydrogen (secondary N) is 1. The van der Waals surface area contributed by atoms with Gasteiger partial charge in [0, 0.05) is 42.7 Å². The summed E-state index contributed by atoms with van der Waals surface area (Å²) in [5.41, 5.74) is 3.25. The molecular formula is C25H25N5O3. The largest absolute Gasteiger partial charge is 0.420 e. The fourth-order valence-corrected chi connectivity index (χ4v) is 5.21. The molecule has 0 radical (unpaired) electrons. The molecule has 4 heterocycles. The van der Waals surface area contributed by atoms with Crippen molar-refractivity contribution in [2.24, 2.45) is 5.41 Å². The van der Waals surface area contributed by atoms with Gasteiger partial charge in [0.15, 0.2) is 5.69 Å². The van der Waals surface area contributed by atoms with E-state index in [1.807, 2.05) is 60.4 Å². The second-order valence-corrected chi connectivity index (χ2v) is 9.14. The topological polar surface area (TPSA) is 97.1 Å². The third-order valence-corrected chi connectivity index (χ3v) is 7.13. The highest BCUT2D eigenvalue weighted by Gasteiger charge is 2.52. The molecule has 1 spiro atoms. The lowest BCUT2D eigenvalue weighted by atomic mass is 9.72. The van der Waals surface area contributed by atoms with Crippen molar-refractivity contribution in [2.75, 3.05) is 26.3 Å². The quantitative estimate of drug-likeness (QED) is 0.515. The summed E-state index contributed by atoms with van der Waals surface area (Å²) in [6.07, 6.45) is 1.70. The Morgan fingerprint density at radius 1 is 1.09 bits per heavy atom. The molecule has 0 saturated carbocycles. The number of nitrogens with zero attached hydrogens (tertiary/aromatic N) is 4. The molecule has 1 amide bonds. The summed E-state index contributed by atoms with van der Waals surface area (Å²) in [5.74, 6) is 0.992. The van der Waals surface area contributed by atoms with E-state index in [0.29, 0.717) is 43.8 Å². The van der Waals surface area contributed by atoms with Crippen LogP contribution in [0, 0.1) is 12.3 Å². The molecule has 1 atom stereocenters. The number of fused-ring (bicyclic) bond motifs is 1. The number of carbonyl (C=O) groups excluding carboxylic acids is 1. The van der Waals surface area contributed by atoms with Crippen LogP contribution in [0.3, 0.4) is 0 Å². The maximum Gasteiger partial charge on any atom is 0.275 e. The van der Waals surface area contributed by atoms with Gasteiger partial charge in [0.2, 0.25) is 11.8 Å². The number of benzene rings is 2. The van der Waals surface area contributed by atoms with Crippen LogP contribution in [-0.2, 0) is 4.74 Å². The van der Waals surface area contributed by atoms with Gasteiger partial charge in [-0.1, -0.05) is 35.9 Å². The first-order valence-corrected chi connectivity index (χ1v) is 11.3. The SMILES string of the molecule is Cc1ccc(-c2nnc(C3CN(C(=O)c4n[nH]c5ccccc45)CC34CCOCC4)o2)cc1. The zero-order valence-electron chi connectivity index (χ0n) is 18.5. The van der Waals surface area contributed by atoms with Crippen molar-refractivity contribution in [3.8, 4) is 11.5 Å². The number of aromatic nitrogens is 4. The number of ether oxygens (including phenoxy) is 1. The third kappa shape index (κ3) is 3.41. The molecule has 0 bridgehead atoms. The third-order valence-electron chi connectivity index (χ3n) is 7.13. The van der Waals surface area contributed by atoms with Crippen molar-refractivity contribution >= 4 is 16.8 Å². The van der Waals surface area contributed by atoms with Crippen LogP contribution in [0.4, 0.5) is 0 Å². The average Bonchev–Trinajstić information content (AvgIpc) is 3.57. The van der Waals surface area contributed by atoms with Crippen LogP contribution >= 0.6 is 0 Å². The van der Waals surface area contributed by atoms with E-state index < -0.39 is 0 Å². The van der Waals surface area contributed by atoms with Crippen molar-refractivity contribution in [3.63, 3.8) is 0 Å². The Hall–Kier alpha value is -3.52. The van der Waals surface area contributed by atoms with E-state index in [2.05, 4.69) is 20.4 Å². The van der Waals surface area contributed by atoms with Crippen LogP contribution in [0.2, 0.25) is 0 Å². The number of hydrogen-bond acceptors (Lipinski definition) is 6. The monoisotopic (exact) mass is 443 g/mol. The summed E-state index contributed by atoms with van der Waals surface area (Å²) in [6.45, 7) is 4.54. The van der Waals surface area contributed by atoms with E-state index in [9.17, 15) is 4.79 Å². The van der Waals surface area contributed by atoms with Crippen molar-refractivity contribution in [2.45, 2.75) is 25.7 Å². The number of para-hydroxylation sites is 1. The van der Waals surface area contributed by atoms with Crippen LogP contribution in [0.25, 0.3) is 22.4 Å². The van der Waals surface area contributed by atoms with Crippen molar-refractivity contribution in [1.82, 2.24) is 25.3 Å². The van der Waals surface area contributed by atoms with Crippen LogP contribution in [0.1, 0.15) is 40.7 Å². The molecule has 8 nitrogen and oxygen atoms in total. The van der Waals surface area contributed by atoms with Gasteiger partial charge in [0.25, 0.3) is 5.91 Å². The second-order valence-electron chi connectivity index (χ2n) is 9.14. The van der Waals surface area contributed by atoms with Gasteiger partial charge in [-0.25, -0.2) is 0 Å². The number of aryl methyl sites for hydroxylation is 1. The van der Waals surface area contributed by atoms with E-state index in [4.69, 9.17) is 9.15 Å². The van der Waals surface area contributed by atoms with E-state index in [1.54, 1.807) is 0 Å². The lowest BCUT2D eigenvalue weighted by Gasteiger charge is -2.36. The minimum Gasteiger partial charge on any atom is -0.420 e. The van der Waals surface area contributed by atoms with E-state index >= 15 is 0 Å². The molecule has 2 aromatic carbocycles. The van der Waals surface area contributed by atoms with E-state index in [-0.39, 0.29) is 17.2 Å². The highest BCUT2D eigenvalue weighted by atomic mass is 16.5. The van der Waals surface area contributed by atoms with Crippen LogP contribution < -0.4 is 0 Å². The summed E-state index contributed by atoms with van der Waals surface area (Å²) >= 11 is 0. The van der Waals surface area contributed by atoms with E-state index in [0.717, 1.165) is 29.3 Å². The van der Waals surface area contributed by atoms with Gasteiger partial charge >= 0.3 is 0 Å². The van der Waals surface area contributed by atoms with Crippen molar-refractivity contribution in [1.29, 1.82) is 0 Å². The lowest BCUT2D eigenvalue weighted by Crippen LogP contribution is -2.37. The molecule has 6 rings (SSSR count). The number of likely N-dealkylation sites (tertiary alicyclic amines) is 1. The smallest absolute Gasteiger partial charge is 0.275 e. The molecule has 1 N–H and O–H groups in total.